The second kappa shape index (κ2) is 9.09. The Hall–Kier alpha value is -0.930. The maximum atomic E-state index is 13.8. The molecule has 0 saturated carbocycles. The predicted molar refractivity (Wildman–Crippen MR) is 84.4 cm³/mol. The molecule has 114 valence electrons. The number of hydrogen-bond acceptors (Lipinski definition) is 2. The molecule has 0 radical (unpaired) electrons. The van der Waals surface area contributed by atoms with Crippen molar-refractivity contribution in [2.75, 3.05) is 20.1 Å². The molecule has 0 aromatic heterocycles. The summed E-state index contributed by atoms with van der Waals surface area (Å²) in [6.45, 7) is 8.46. The van der Waals surface area contributed by atoms with Gasteiger partial charge in [0.05, 0.1) is 0 Å². The molecule has 20 heavy (non-hydrogen) atoms. The highest BCUT2D eigenvalue weighted by Crippen LogP contribution is 2.21. The monoisotopic (exact) mass is 280 g/mol. The summed E-state index contributed by atoms with van der Waals surface area (Å²) in [5.74, 6) is -0.106. The number of nitrogens with zero attached hydrogens (tertiary/aromatic N) is 1. The highest BCUT2D eigenvalue weighted by molar-refractivity contribution is 5.20. The maximum Gasteiger partial charge on any atom is 0.127 e. The lowest BCUT2D eigenvalue weighted by Crippen LogP contribution is -2.30. The van der Waals surface area contributed by atoms with E-state index in [4.69, 9.17) is 0 Å². The number of hydrogen-bond donors (Lipinski definition) is 1. The molecule has 2 nitrogen and oxygen atoms in total. The minimum absolute atomic E-state index is 0.106. The fourth-order valence-corrected chi connectivity index (χ4v) is 2.57. The third-order valence-electron chi connectivity index (χ3n) is 4.07. The lowest BCUT2D eigenvalue weighted by molar-refractivity contribution is 0.246. The predicted octanol–water partition coefficient (Wildman–Crippen LogP) is 3.99. The van der Waals surface area contributed by atoms with Crippen LogP contribution in [-0.2, 0) is 0 Å². The molecular formula is C17H29FN2. The topological polar surface area (TPSA) is 15.3 Å². The summed E-state index contributed by atoms with van der Waals surface area (Å²) in [6, 6.07) is 7.80. The van der Waals surface area contributed by atoms with Gasteiger partial charge in [0.2, 0.25) is 0 Å². The summed E-state index contributed by atoms with van der Waals surface area (Å²) in [7, 11) is 2.07. The molecule has 1 N–H and O–H groups in total. The van der Waals surface area contributed by atoms with Gasteiger partial charge in [-0.25, -0.2) is 4.39 Å². The van der Waals surface area contributed by atoms with Crippen LogP contribution in [0.25, 0.3) is 0 Å². The van der Waals surface area contributed by atoms with Crippen molar-refractivity contribution >= 4 is 0 Å². The fourth-order valence-electron chi connectivity index (χ4n) is 2.57. The summed E-state index contributed by atoms with van der Waals surface area (Å²) in [5.41, 5.74) is 0.786. The summed E-state index contributed by atoms with van der Waals surface area (Å²) in [4.78, 5) is 2.23. The van der Waals surface area contributed by atoms with Gasteiger partial charge in [-0.3, -0.25) is 4.90 Å². The smallest absolute Gasteiger partial charge is 0.127 e. The molecule has 1 aromatic rings. The van der Waals surface area contributed by atoms with Gasteiger partial charge in [-0.2, -0.15) is 0 Å². The molecule has 0 fully saturated rings. The molecule has 1 rings (SSSR count). The van der Waals surface area contributed by atoms with E-state index in [1.165, 1.54) is 18.9 Å². The first kappa shape index (κ1) is 17.1. The normalized spacial score (nSPS) is 14.5. The second-order valence-corrected chi connectivity index (χ2v) is 5.48. The van der Waals surface area contributed by atoms with Crippen LogP contribution in [0.15, 0.2) is 24.3 Å². The second-order valence-electron chi connectivity index (χ2n) is 5.48. The van der Waals surface area contributed by atoms with Crippen molar-refractivity contribution in [3.05, 3.63) is 35.6 Å². The maximum absolute atomic E-state index is 13.8. The molecule has 0 amide bonds. The highest BCUT2D eigenvalue weighted by Gasteiger charge is 2.15. The molecule has 0 spiro atoms. The zero-order valence-corrected chi connectivity index (χ0v) is 13.3. The van der Waals surface area contributed by atoms with Crippen molar-refractivity contribution in [3.63, 3.8) is 0 Å². The van der Waals surface area contributed by atoms with Gasteiger partial charge in [-0.1, -0.05) is 32.0 Å². The van der Waals surface area contributed by atoms with Gasteiger partial charge >= 0.3 is 0 Å². The Morgan fingerprint density at radius 3 is 2.55 bits per heavy atom. The minimum Gasteiger partial charge on any atom is -0.314 e. The summed E-state index contributed by atoms with van der Waals surface area (Å²) in [5, 5.41) is 3.50. The Kier molecular flexibility index (Phi) is 7.78. The molecule has 0 heterocycles. The SMILES string of the molecule is CCNC(CC)CCCN(C)C(C)c1ccccc1F. The molecule has 0 aliphatic carbocycles. The number of benzene rings is 1. The third-order valence-corrected chi connectivity index (χ3v) is 4.07. The van der Waals surface area contributed by atoms with Crippen molar-refractivity contribution in [1.82, 2.24) is 10.2 Å². The molecular weight excluding hydrogens is 251 g/mol. The molecule has 0 saturated heterocycles. The minimum atomic E-state index is -0.106. The average molecular weight is 280 g/mol. The lowest BCUT2D eigenvalue weighted by Gasteiger charge is -2.26. The van der Waals surface area contributed by atoms with Crippen LogP contribution in [0, 0.1) is 5.82 Å². The van der Waals surface area contributed by atoms with Crippen molar-refractivity contribution in [2.45, 2.75) is 52.1 Å². The fraction of sp³-hybridized carbons (Fsp3) is 0.647. The van der Waals surface area contributed by atoms with E-state index in [1.54, 1.807) is 6.07 Å². The molecule has 3 heteroatoms. The number of rotatable bonds is 9. The van der Waals surface area contributed by atoms with Crippen LogP contribution in [0.5, 0.6) is 0 Å². The molecule has 2 unspecified atom stereocenters. The van der Waals surface area contributed by atoms with Crippen LogP contribution < -0.4 is 5.32 Å². The van der Waals surface area contributed by atoms with Crippen LogP contribution >= 0.6 is 0 Å². The Morgan fingerprint density at radius 2 is 1.95 bits per heavy atom. The van der Waals surface area contributed by atoms with E-state index >= 15 is 0 Å². The van der Waals surface area contributed by atoms with Crippen LogP contribution in [0.2, 0.25) is 0 Å². The Bertz CT molecular complexity index is 381. The largest absolute Gasteiger partial charge is 0.314 e. The van der Waals surface area contributed by atoms with Crippen LogP contribution in [0.3, 0.4) is 0 Å². The van der Waals surface area contributed by atoms with E-state index in [2.05, 4.69) is 38.0 Å². The van der Waals surface area contributed by atoms with Gasteiger partial charge in [0, 0.05) is 17.6 Å². The van der Waals surface area contributed by atoms with Crippen LogP contribution in [0.1, 0.15) is 51.6 Å². The van der Waals surface area contributed by atoms with E-state index < -0.39 is 0 Å². The molecule has 1 aromatic carbocycles. The van der Waals surface area contributed by atoms with Crippen LogP contribution in [0.4, 0.5) is 4.39 Å². The van der Waals surface area contributed by atoms with Gasteiger partial charge < -0.3 is 5.32 Å². The number of nitrogens with one attached hydrogen (secondary N) is 1. The molecule has 0 bridgehead atoms. The van der Waals surface area contributed by atoms with Crippen molar-refractivity contribution in [3.8, 4) is 0 Å². The zero-order valence-electron chi connectivity index (χ0n) is 13.3. The highest BCUT2D eigenvalue weighted by atomic mass is 19.1. The van der Waals surface area contributed by atoms with Crippen molar-refractivity contribution in [1.29, 1.82) is 0 Å². The summed E-state index contributed by atoms with van der Waals surface area (Å²) in [6.07, 6.45) is 3.49. The average Bonchev–Trinajstić information content (AvgIpc) is 2.46. The Balaban J connectivity index is 2.42. The van der Waals surface area contributed by atoms with Crippen molar-refractivity contribution in [2.24, 2.45) is 0 Å². The summed E-state index contributed by atoms with van der Waals surface area (Å²) < 4.78 is 13.8. The summed E-state index contributed by atoms with van der Waals surface area (Å²) >= 11 is 0. The number of halogens is 1. The Labute approximate surface area is 123 Å². The van der Waals surface area contributed by atoms with E-state index in [1.807, 2.05) is 12.1 Å². The first-order chi connectivity index (χ1) is 9.60. The van der Waals surface area contributed by atoms with E-state index in [-0.39, 0.29) is 11.9 Å². The first-order valence-electron chi connectivity index (χ1n) is 7.78. The van der Waals surface area contributed by atoms with Gasteiger partial charge in [-0.15, -0.1) is 0 Å². The standard InChI is InChI=1S/C17H29FN2/c1-5-15(19-6-2)10-9-13-20(4)14(3)16-11-7-8-12-17(16)18/h7-8,11-12,14-15,19H,5-6,9-10,13H2,1-4H3. The third kappa shape index (κ3) is 5.22. The molecule has 0 aliphatic heterocycles. The van der Waals surface area contributed by atoms with Gasteiger partial charge in [0.15, 0.2) is 0 Å². The zero-order chi connectivity index (χ0) is 15.0. The van der Waals surface area contributed by atoms with Gasteiger partial charge in [-0.05, 0) is 52.4 Å². The van der Waals surface area contributed by atoms with Crippen LogP contribution in [-0.4, -0.2) is 31.1 Å². The van der Waals surface area contributed by atoms with Gasteiger partial charge in [0.25, 0.3) is 0 Å². The van der Waals surface area contributed by atoms with E-state index in [0.717, 1.165) is 25.1 Å². The van der Waals surface area contributed by atoms with E-state index in [9.17, 15) is 4.39 Å². The van der Waals surface area contributed by atoms with Crippen molar-refractivity contribution < 1.29 is 4.39 Å². The van der Waals surface area contributed by atoms with Gasteiger partial charge in [0.1, 0.15) is 5.82 Å². The lowest BCUT2D eigenvalue weighted by atomic mass is 10.1. The molecule has 2 atom stereocenters. The first-order valence-corrected chi connectivity index (χ1v) is 7.78. The molecule has 0 aliphatic rings. The van der Waals surface area contributed by atoms with E-state index in [0.29, 0.717) is 6.04 Å². The quantitative estimate of drug-likeness (QED) is 0.736. The Morgan fingerprint density at radius 1 is 1.25 bits per heavy atom.